The van der Waals surface area contributed by atoms with Gasteiger partial charge in [0, 0.05) is 30.6 Å². The van der Waals surface area contributed by atoms with E-state index in [9.17, 15) is 13.2 Å². The molecular formula is C12H19N3O3S. The number of rotatable bonds is 6. The van der Waals surface area contributed by atoms with Crippen LogP contribution in [0.2, 0.25) is 0 Å². The van der Waals surface area contributed by atoms with Gasteiger partial charge in [-0.15, -0.1) is 0 Å². The molecule has 1 amide bonds. The molecule has 7 heteroatoms. The topological polar surface area (TPSA) is 106 Å². The molecule has 1 rings (SSSR count). The Morgan fingerprint density at radius 2 is 2.00 bits per heavy atom. The van der Waals surface area contributed by atoms with E-state index in [2.05, 4.69) is 0 Å². The number of carbonyl (C=O) groups is 1. The quantitative estimate of drug-likeness (QED) is 0.707. The molecule has 4 N–H and O–H groups in total. The predicted octanol–water partition coefficient (Wildman–Crippen LogP) is -0.156. The molecule has 0 fully saturated rings. The number of hydrogen-bond donors (Lipinski definition) is 2. The first kappa shape index (κ1) is 15.5. The zero-order valence-electron chi connectivity index (χ0n) is 11.1. The van der Waals surface area contributed by atoms with E-state index in [0.29, 0.717) is 24.3 Å². The Morgan fingerprint density at radius 3 is 2.47 bits per heavy atom. The number of amides is 1. The highest BCUT2D eigenvalue weighted by Gasteiger charge is 2.09. The van der Waals surface area contributed by atoms with E-state index in [1.807, 2.05) is 11.9 Å². The number of nitrogens with zero attached hydrogens (tertiary/aromatic N) is 1. The lowest BCUT2D eigenvalue weighted by Crippen LogP contribution is -2.25. The maximum Gasteiger partial charge on any atom is 0.248 e. The van der Waals surface area contributed by atoms with E-state index in [1.165, 1.54) is 12.3 Å². The van der Waals surface area contributed by atoms with Crippen molar-refractivity contribution < 1.29 is 13.2 Å². The minimum absolute atomic E-state index is 0.1000. The minimum Gasteiger partial charge on any atom is -0.398 e. The molecule has 0 aliphatic carbocycles. The zero-order chi connectivity index (χ0) is 14.6. The molecule has 1 aromatic carbocycles. The summed E-state index contributed by atoms with van der Waals surface area (Å²) in [4.78, 5) is 12.8. The number of primary amides is 1. The Labute approximate surface area is 113 Å². The number of anilines is 1. The van der Waals surface area contributed by atoms with Crippen LogP contribution in [0.1, 0.15) is 15.9 Å². The van der Waals surface area contributed by atoms with Gasteiger partial charge in [-0.25, -0.2) is 8.42 Å². The summed E-state index contributed by atoms with van der Waals surface area (Å²) < 4.78 is 22.1. The molecule has 0 bridgehead atoms. The fourth-order valence-electron chi connectivity index (χ4n) is 1.58. The smallest absolute Gasteiger partial charge is 0.248 e. The summed E-state index contributed by atoms with van der Waals surface area (Å²) in [6, 6.07) is 4.87. The van der Waals surface area contributed by atoms with Crippen LogP contribution in [0.25, 0.3) is 0 Å². The first-order chi connectivity index (χ1) is 8.69. The van der Waals surface area contributed by atoms with Crippen LogP contribution in [0.15, 0.2) is 18.2 Å². The second-order valence-corrected chi connectivity index (χ2v) is 6.91. The Morgan fingerprint density at radius 1 is 1.37 bits per heavy atom. The van der Waals surface area contributed by atoms with Crippen LogP contribution >= 0.6 is 0 Å². The van der Waals surface area contributed by atoms with Gasteiger partial charge in [-0.1, -0.05) is 6.07 Å². The maximum absolute atomic E-state index is 11.1. The van der Waals surface area contributed by atoms with Crippen LogP contribution in [0.4, 0.5) is 5.69 Å². The molecule has 19 heavy (non-hydrogen) atoms. The number of carbonyl (C=O) groups excluding carboxylic acids is 1. The lowest BCUT2D eigenvalue weighted by Gasteiger charge is -2.17. The van der Waals surface area contributed by atoms with Crippen molar-refractivity contribution in [2.45, 2.75) is 6.54 Å². The van der Waals surface area contributed by atoms with Gasteiger partial charge in [0.2, 0.25) is 5.91 Å². The maximum atomic E-state index is 11.1. The van der Waals surface area contributed by atoms with Crippen LogP contribution in [0.3, 0.4) is 0 Å². The first-order valence-corrected chi connectivity index (χ1v) is 7.79. The zero-order valence-corrected chi connectivity index (χ0v) is 11.9. The summed E-state index contributed by atoms with van der Waals surface area (Å²) in [5.41, 5.74) is 12.7. The number of nitrogen functional groups attached to an aromatic ring is 1. The number of benzene rings is 1. The van der Waals surface area contributed by atoms with Crippen LogP contribution < -0.4 is 11.5 Å². The highest BCUT2D eigenvalue weighted by molar-refractivity contribution is 7.90. The van der Waals surface area contributed by atoms with Gasteiger partial charge in [0.05, 0.1) is 5.75 Å². The van der Waals surface area contributed by atoms with Gasteiger partial charge < -0.3 is 16.4 Å². The van der Waals surface area contributed by atoms with Crippen LogP contribution in [0.5, 0.6) is 0 Å². The van der Waals surface area contributed by atoms with Gasteiger partial charge in [0.25, 0.3) is 0 Å². The summed E-state index contributed by atoms with van der Waals surface area (Å²) in [5, 5.41) is 0. The summed E-state index contributed by atoms with van der Waals surface area (Å²) in [5.74, 6) is -0.424. The van der Waals surface area contributed by atoms with E-state index < -0.39 is 15.7 Å². The first-order valence-electron chi connectivity index (χ1n) is 5.73. The van der Waals surface area contributed by atoms with Gasteiger partial charge in [-0.05, 0) is 24.7 Å². The largest absolute Gasteiger partial charge is 0.398 e. The van der Waals surface area contributed by atoms with Crippen LogP contribution in [-0.4, -0.2) is 44.8 Å². The van der Waals surface area contributed by atoms with Crippen molar-refractivity contribution in [2.24, 2.45) is 5.73 Å². The van der Waals surface area contributed by atoms with E-state index in [4.69, 9.17) is 11.5 Å². The van der Waals surface area contributed by atoms with Crippen molar-refractivity contribution in [1.29, 1.82) is 0 Å². The molecule has 0 aliphatic heterocycles. The van der Waals surface area contributed by atoms with Crippen molar-refractivity contribution in [3.63, 3.8) is 0 Å². The predicted molar refractivity (Wildman–Crippen MR) is 75.4 cm³/mol. The second-order valence-electron chi connectivity index (χ2n) is 4.65. The Balaban J connectivity index is 2.69. The third-order valence-corrected chi connectivity index (χ3v) is 3.64. The Kier molecular flexibility index (Phi) is 4.90. The van der Waals surface area contributed by atoms with Crippen molar-refractivity contribution >= 4 is 21.4 Å². The highest BCUT2D eigenvalue weighted by Crippen LogP contribution is 2.15. The fraction of sp³-hybridized carbons (Fsp3) is 0.417. The van der Waals surface area contributed by atoms with Crippen molar-refractivity contribution in [3.8, 4) is 0 Å². The average molecular weight is 285 g/mol. The number of hydrogen-bond acceptors (Lipinski definition) is 5. The lowest BCUT2D eigenvalue weighted by atomic mass is 10.1. The van der Waals surface area contributed by atoms with Crippen molar-refractivity contribution in [2.75, 3.05) is 31.3 Å². The van der Waals surface area contributed by atoms with Crippen LogP contribution in [0, 0.1) is 0 Å². The lowest BCUT2D eigenvalue weighted by molar-refractivity contribution is 0.100. The third-order valence-electron chi connectivity index (χ3n) is 2.71. The molecule has 0 aliphatic rings. The number of nitrogens with two attached hydrogens (primary N) is 2. The third kappa shape index (κ3) is 5.27. The Hall–Kier alpha value is -1.60. The van der Waals surface area contributed by atoms with Crippen molar-refractivity contribution in [3.05, 3.63) is 29.3 Å². The highest BCUT2D eigenvalue weighted by atomic mass is 32.2. The summed E-state index contributed by atoms with van der Waals surface area (Å²) >= 11 is 0. The van der Waals surface area contributed by atoms with Gasteiger partial charge in [0.15, 0.2) is 0 Å². The molecule has 0 unspecified atom stereocenters. The molecule has 0 saturated heterocycles. The molecule has 0 radical (unpaired) electrons. The van der Waals surface area contributed by atoms with Gasteiger partial charge in [-0.2, -0.15) is 0 Å². The molecule has 0 aromatic heterocycles. The number of sulfone groups is 1. The molecule has 6 nitrogen and oxygen atoms in total. The summed E-state index contributed by atoms with van der Waals surface area (Å²) in [7, 11) is -1.16. The standard InChI is InChI=1S/C12H19N3O3S/c1-15(5-6-19(2,17)18)8-10-4-3-9(12(14)16)7-11(10)13/h3-4,7H,5-6,8,13H2,1-2H3,(H2,14,16). The normalized spacial score (nSPS) is 11.7. The minimum atomic E-state index is -2.97. The molecule has 0 spiro atoms. The van der Waals surface area contributed by atoms with E-state index >= 15 is 0 Å². The Bertz CT molecular complexity index is 570. The monoisotopic (exact) mass is 285 g/mol. The van der Waals surface area contributed by atoms with E-state index in [-0.39, 0.29) is 5.75 Å². The summed E-state index contributed by atoms with van der Waals surface area (Å²) in [6.07, 6.45) is 1.21. The van der Waals surface area contributed by atoms with E-state index in [0.717, 1.165) is 5.56 Å². The average Bonchev–Trinajstić information content (AvgIpc) is 2.28. The van der Waals surface area contributed by atoms with Gasteiger partial charge >= 0.3 is 0 Å². The van der Waals surface area contributed by atoms with Crippen molar-refractivity contribution in [1.82, 2.24) is 4.90 Å². The second kappa shape index (κ2) is 6.03. The SMILES string of the molecule is CN(CCS(C)(=O)=O)Cc1ccc(C(N)=O)cc1N. The van der Waals surface area contributed by atoms with E-state index in [1.54, 1.807) is 12.1 Å². The molecule has 106 valence electrons. The molecule has 1 aromatic rings. The fourth-order valence-corrected chi connectivity index (χ4v) is 2.23. The van der Waals surface area contributed by atoms with Crippen LogP contribution in [-0.2, 0) is 16.4 Å². The van der Waals surface area contributed by atoms with Gasteiger partial charge in [-0.3, -0.25) is 4.79 Å². The molecule has 0 atom stereocenters. The summed E-state index contributed by atoms with van der Waals surface area (Å²) in [6.45, 7) is 0.941. The molecule has 0 heterocycles. The molecule has 0 saturated carbocycles. The van der Waals surface area contributed by atoms with Gasteiger partial charge in [0.1, 0.15) is 9.84 Å². The molecular weight excluding hydrogens is 266 g/mol.